The number of nitrogens with zero attached hydrogens (tertiary/aromatic N) is 5. The lowest BCUT2D eigenvalue weighted by atomic mass is 10.0. The van der Waals surface area contributed by atoms with Crippen molar-refractivity contribution in [2.75, 3.05) is 13.2 Å². The van der Waals surface area contributed by atoms with Crippen LogP contribution in [0.15, 0.2) is 43.0 Å². The normalized spacial score (nSPS) is 16.6. The van der Waals surface area contributed by atoms with Gasteiger partial charge >= 0.3 is 0 Å². The van der Waals surface area contributed by atoms with Crippen LogP contribution < -0.4 is 0 Å². The average molecular weight is 507 g/mol. The Morgan fingerprint density at radius 3 is 2.86 bits per heavy atom. The molecule has 0 aliphatic carbocycles. The number of nitrogens with one attached hydrogen (secondary N) is 1. The molecule has 10 heteroatoms. The van der Waals surface area contributed by atoms with Crippen molar-refractivity contribution in [2.45, 2.75) is 64.3 Å². The molecule has 1 saturated heterocycles. The van der Waals surface area contributed by atoms with Gasteiger partial charge in [0.1, 0.15) is 18.7 Å². The third-order valence-electron chi connectivity index (χ3n) is 6.53. The van der Waals surface area contributed by atoms with Gasteiger partial charge in [-0.2, -0.15) is 15.3 Å². The van der Waals surface area contributed by atoms with Crippen LogP contribution in [0.2, 0.25) is 25.7 Å². The molecule has 1 unspecified atom stereocenters. The molecule has 0 amide bonds. The van der Waals surface area contributed by atoms with E-state index in [1.54, 1.807) is 17.1 Å². The molecule has 9 nitrogen and oxygen atoms in total. The maximum absolute atomic E-state index is 13.2. The number of Topliss-reactive ketones (excluding diaryl/α,β-unsaturated/α-hetero) is 1. The Morgan fingerprint density at radius 1 is 1.22 bits per heavy atom. The molecule has 1 aromatic carbocycles. The Labute approximate surface area is 211 Å². The summed E-state index contributed by atoms with van der Waals surface area (Å²) in [6.07, 6.45) is 10.8. The summed E-state index contributed by atoms with van der Waals surface area (Å²) in [5, 5.41) is 16.8. The third-order valence-corrected chi connectivity index (χ3v) is 8.23. The van der Waals surface area contributed by atoms with E-state index in [1.165, 1.54) is 0 Å². The van der Waals surface area contributed by atoms with Crippen molar-refractivity contribution in [3.05, 3.63) is 54.2 Å². The highest BCUT2D eigenvalue weighted by atomic mass is 28.3. The summed E-state index contributed by atoms with van der Waals surface area (Å²) in [4.78, 5) is 13.2. The summed E-state index contributed by atoms with van der Waals surface area (Å²) >= 11 is 0. The predicted octanol–water partition coefficient (Wildman–Crippen LogP) is 5.06. The summed E-state index contributed by atoms with van der Waals surface area (Å²) in [5.41, 5.74) is 4.19. The summed E-state index contributed by atoms with van der Waals surface area (Å²) in [7, 11) is -1.20. The molecule has 3 aromatic heterocycles. The molecule has 5 rings (SSSR count). The Hall–Kier alpha value is -3.08. The van der Waals surface area contributed by atoms with Gasteiger partial charge < -0.3 is 9.47 Å². The van der Waals surface area contributed by atoms with Crippen molar-refractivity contribution in [1.82, 2.24) is 29.8 Å². The van der Waals surface area contributed by atoms with E-state index in [0.29, 0.717) is 19.0 Å². The summed E-state index contributed by atoms with van der Waals surface area (Å²) in [5.74, 6) is -0.0442. The molecular weight excluding hydrogens is 472 g/mol. The zero-order valence-electron chi connectivity index (χ0n) is 21.2. The molecule has 0 radical (unpaired) electrons. The third kappa shape index (κ3) is 5.66. The van der Waals surface area contributed by atoms with Gasteiger partial charge in [0, 0.05) is 51.1 Å². The van der Waals surface area contributed by atoms with Crippen LogP contribution in [0.5, 0.6) is 0 Å². The molecule has 4 aromatic rings. The molecule has 1 atom stereocenters. The summed E-state index contributed by atoms with van der Waals surface area (Å²) in [6, 6.07) is 7.15. The average Bonchev–Trinajstić information content (AvgIpc) is 3.62. The van der Waals surface area contributed by atoms with Crippen molar-refractivity contribution >= 4 is 24.8 Å². The number of H-pyrrole nitrogens is 1. The number of carbonyl (C=O) groups is 1. The second-order valence-electron chi connectivity index (χ2n) is 10.7. The smallest absolute Gasteiger partial charge is 0.188 e. The van der Waals surface area contributed by atoms with Crippen LogP contribution in [0.3, 0.4) is 0 Å². The second kappa shape index (κ2) is 10.5. The maximum Gasteiger partial charge on any atom is 0.188 e. The maximum atomic E-state index is 13.2. The molecular formula is C26H34N6O3Si. The van der Waals surface area contributed by atoms with E-state index in [4.69, 9.17) is 14.6 Å². The summed E-state index contributed by atoms with van der Waals surface area (Å²) < 4.78 is 15.6. The highest BCUT2D eigenvalue weighted by Gasteiger charge is 2.21. The number of rotatable bonds is 10. The van der Waals surface area contributed by atoms with Gasteiger partial charge in [-0.15, -0.1) is 0 Å². The number of aromatic nitrogens is 6. The Bertz CT molecular complexity index is 1320. The minimum absolute atomic E-state index is 0.00586. The number of benzene rings is 1. The van der Waals surface area contributed by atoms with Crippen LogP contribution in [0.25, 0.3) is 22.0 Å². The Balaban J connectivity index is 1.43. The first-order valence-electron chi connectivity index (χ1n) is 12.6. The zero-order chi connectivity index (χ0) is 25.1. The van der Waals surface area contributed by atoms with E-state index in [1.807, 2.05) is 29.2 Å². The van der Waals surface area contributed by atoms with Crippen molar-refractivity contribution in [3.8, 4) is 11.1 Å². The van der Waals surface area contributed by atoms with Crippen LogP contribution in [0.4, 0.5) is 0 Å². The van der Waals surface area contributed by atoms with E-state index >= 15 is 0 Å². The Kier molecular flexibility index (Phi) is 7.17. The van der Waals surface area contributed by atoms with Crippen LogP contribution in [0.1, 0.15) is 41.5 Å². The first kappa shape index (κ1) is 24.6. The lowest BCUT2D eigenvalue weighted by Gasteiger charge is -2.22. The lowest BCUT2D eigenvalue weighted by Crippen LogP contribution is -2.22. The monoisotopic (exact) mass is 506 g/mol. The number of hydrogen-bond donors (Lipinski definition) is 1. The fraction of sp³-hybridized carbons (Fsp3) is 0.462. The fourth-order valence-corrected chi connectivity index (χ4v) is 5.16. The molecule has 1 fully saturated rings. The van der Waals surface area contributed by atoms with E-state index < -0.39 is 8.07 Å². The van der Waals surface area contributed by atoms with E-state index in [0.717, 1.165) is 59.5 Å². The number of hydrogen-bond acceptors (Lipinski definition) is 6. The molecule has 0 saturated carbocycles. The molecule has 0 spiro atoms. The van der Waals surface area contributed by atoms with Crippen molar-refractivity contribution in [1.29, 1.82) is 0 Å². The largest absolute Gasteiger partial charge is 0.360 e. The van der Waals surface area contributed by atoms with Gasteiger partial charge in [-0.3, -0.25) is 9.89 Å². The Morgan fingerprint density at radius 2 is 2.11 bits per heavy atom. The first-order valence-corrected chi connectivity index (χ1v) is 16.3. The molecule has 36 heavy (non-hydrogen) atoms. The van der Waals surface area contributed by atoms with E-state index in [9.17, 15) is 4.79 Å². The number of ether oxygens (including phenoxy) is 2. The van der Waals surface area contributed by atoms with Gasteiger partial charge in [0.2, 0.25) is 0 Å². The van der Waals surface area contributed by atoms with Crippen molar-refractivity contribution < 1.29 is 14.3 Å². The molecule has 4 heterocycles. The standard InChI is InChI=1S/C26H34N6O3Si/c1-36(2,3)11-10-34-18-32-23-13-20(21-16-29-31(17-21)25-6-4-5-9-35-25)7-8-22(23)26(30-32)24(33)12-19-14-27-28-15-19/h7-8,13-17,25H,4-6,9-12,18H2,1-3H3,(H,27,28). The van der Waals surface area contributed by atoms with E-state index in [-0.39, 0.29) is 18.4 Å². The van der Waals surface area contributed by atoms with Crippen LogP contribution in [-0.2, 0) is 22.6 Å². The van der Waals surface area contributed by atoms with Crippen LogP contribution >= 0.6 is 0 Å². The molecule has 0 bridgehead atoms. The predicted molar refractivity (Wildman–Crippen MR) is 141 cm³/mol. The van der Waals surface area contributed by atoms with Gasteiger partial charge in [0.05, 0.1) is 17.9 Å². The quantitative estimate of drug-likeness (QED) is 0.183. The van der Waals surface area contributed by atoms with Gasteiger partial charge in [0.15, 0.2) is 5.78 Å². The lowest BCUT2D eigenvalue weighted by molar-refractivity contribution is -0.0394. The van der Waals surface area contributed by atoms with Gasteiger partial charge in [-0.1, -0.05) is 25.7 Å². The van der Waals surface area contributed by atoms with Crippen LogP contribution in [-0.4, -0.2) is 56.8 Å². The van der Waals surface area contributed by atoms with Gasteiger partial charge in [-0.25, -0.2) is 9.36 Å². The highest BCUT2D eigenvalue weighted by Crippen LogP contribution is 2.29. The number of ketones is 1. The second-order valence-corrected chi connectivity index (χ2v) is 16.3. The number of carbonyl (C=O) groups excluding carboxylic acids is 1. The van der Waals surface area contributed by atoms with Gasteiger partial charge in [0.25, 0.3) is 0 Å². The van der Waals surface area contributed by atoms with E-state index in [2.05, 4.69) is 41.0 Å². The highest BCUT2D eigenvalue weighted by molar-refractivity contribution is 6.76. The topological polar surface area (TPSA) is 99.9 Å². The van der Waals surface area contributed by atoms with Crippen molar-refractivity contribution in [3.63, 3.8) is 0 Å². The first-order chi connectivity index (χ1) is 17.4. The van der Waals surface area contributed by atoms with Gasteiger partial charge in [-0.05, 0) is 48.6 Å². The molecule has 1 aliphatic heterocycles. The summed E-state index contributed by atoms with van der Waals surface area (Å²) in [6.45, 7) is 8.76. The van der Waals surface area contributed by atoms with Crippen LogP contribution in [0, 0.1) is 0 Å². The SMILES string of the molecule is C[Si](C)(C)CCOCn1nc(C(=O)Cc2cn[nH]c2)c2ccc(-c3cnn(C4CCCCO4)c3)cc21. The number of aromatic amines is 1. The van der Waals surface area contributed by atoms with Crippen molar-refractivity contribution in [2.24, 2.45) is 0 Å². The fourth-order valence-electron chi connectivity index (χ4n) is 4.41. The molecule has 1 aliphatic rings. The molecule has 1 N–H and O–H groups in total. The minimum atomic E-state index is -1.20. The number of fused-ring (bicyclic) bond motifs is 1. The zero-order valence-corrected chi connectivity index (χ0v) is 22.2. The molecule has 190 valence electrons. The minimum Gasteiger partial charge on any atom is -0.360 e.